The largest absolute Gasteiger partial charge is 0.478 e. The van der Waals surface area contributed by atoms with E-state index in [0.29, 0.717) is 23.1 Å². The Kier molecular flexibility index (Phi) is 5.45. The Hall–Kier alpha value is -2.56. The first-order valence-corrected chi connectivity index (χ1v) is 8.69. The van der Waals surface area contributed by atoms with Gasteiger partial charge in [-0.2, -0.15) is 0 Å². The molecule has 0 spiro atoms. The molecule has 132 valence electrons. The number of hydrogen-bond donors (Lipinski definition) is 1. The molecule has 0 radical (unpaired) electrons. The average Bonchev–Trinajstić information content (AvgIpc) is 2.88. The molecule has 3 aromatic rings. The van der Waals surface area contributed by atoms with Crippen LogP contribution in [0.4, 0.5) is 0 Å². The number of carbonyl (C=O) groups is 1. The number of benzene rings is 2. The van der Waals surface area contributed by atoms with Crippen molar-refractivity contribution in [3.05, 3.63) is 81.9 Å². The molecule has 1 heterocycles. The molecular weight excluding hydrogens is 371 g/mol. The van der Waals surface area contributed by atoms with Crippen molar-refractivity contribution in [3.63, 3.8) is 0 Å². The van der Waals surface area contributed by atoms with Gasteiger partial charge >= 0.3 is 5.97 Å². The van der Waals surface area contributed by atoms with Crippen molar-refractivity contribution in [3.8, 4) is 11.1 Å². The zero-order chi connectivity index (χ0) is 18.7. The van der Waals surface area contributed by atoms with Crippen LogP contribution in [0.2, 0.25) is 10.2 Å². The number of rotatable bonds is 5. The quantitative estimate of drug-likeness (QED) is 0.604. The summed E-state index contributed by atoms with van der Waals surface area (Å²) in [6, 6.07) is 15.9. The van der Waals surface area contributed by atoms with Gasteiger partial charge in [0.25, 0.3) is 0 Å². The third-order valence-corrected chi connectivity index (χ3v) is 4.66. The lowest BCUT2D eigenvalue weighted by Gasteiger charge is -2.11. The van der Waals surface area contributed by atoms with Gasteiger partial charge in [0, 0.05) is 11.1 Å². The third-order valence-electron chi connectivity index (χ3n) is 4.03. The zero-order valence-corrected chi connectivity index (χ0v) is 15.5. The fourth-order valence-electron chi connectivity index (χ4n) is 2.71. The summed E-state index contributed by atoms with van der Waals surface area (Å²) >= 11 is 12.6. The number of carboxylic acids is 1. The molecule has 0 aliphatic heterocycles. The second kappa shape index (κ2) is 7.77. The molecule has 0 aliphatic carbocycles. The maximum absolute atomic E-state index is 10.8. The lowest BCUT2D eigenvalue weighted by atomic mass is 10.0. The van der Waals surface area contributed by atoms with E-state index >= 15 is 0 Å². The van der Waals surface area contributed by atoms with E-state index in [4.69, 9.17) is 28.3 Å². The summed E-state index contributed by atoms with van der Waals surface area (Å²) < 4.78 is 1.84. The Labute approximate surface area is 161 Å². The molecule has 0 saturated heterocycles. The van der Waals surface area contributed by atoms with E-state index in [0.717, 1.165) is 22.8 Å². The van der Waals surface area contributed by atoms with E-state index < -0.39 is 5.97 Å². The van der Waals surface area contributed by atoms with Gasteiger partial charge in [-0.3, -0.25) is 0 Å². The van der Waals surface area contributed by atoms with Crippen LogP contribution in [0.5, 0.6) is 0 Å². The molecule has 0 bridgehead atoms. The summed E-state index contributed by atoms with van der Waals surface area (Å²) in [5, 5.41) is 9.74. The number of nitrogens with zero attached hydrogens (tertiary/aromatic N) is 2. The van der Waals surface area contributed by atoms with Gasteiger partial charge < -0.3 is 9.67 Å². The van der Waals surface area contributed by atoms with Crippen molar-refractivity contribution in [2.24, 2.45) is 0 Å². The summed E-state index contributed by atoms with van der Waals surface area (Å²) in [6.07, 6.45) is 2.48. The first-order chi connectivity index (χ1) is 12.5. The SMILES string of the molecule is Cc1nc(Cl)c(/C=C/C(=O)O)n1Cc1ccc(-c2ccccc2)cc1Cl. The molecule has 0 amide bonds. The molecule has 3 rings (SSSR count). The highest BCUT2D eigenvalue weighted by atomic mass is 35.5. The standard InChI is InChI=1S/C20H16Cl2N2O2/c1-13-23-20(22)18(9-10-19(25)26)24(13)12-16-8-7-15(11-17(16)21)14-5-3-2-4-6-14/h2-11H,12H2,1H3,(H,25,26)/b10-9+. The summed E-state index contributed by atoms with van der Waals surface area (Å²) in [4.78, 5) is 15.0. The first-order valence-electron chi connectivity index (χ1n) is 7.93. The second-order valence-corrected chi connectivity index (χ2v) is 6.53. The highest BCUT2D eigenvalue weighted by molar-refractivity contribution is 6.31. The van der Waals surface area contributed by atoms with E-state index in [2.05, 4.69) is 4.98 Å². The minimum absolute atomic E-state index is 0.261. The minimum Gasteiger partial charge on any atom is -0.478 e. The van der Waals surface area contributed by atoms with E-state index in [-0.39, 0.29) is 5.15 Å². The Morgan fingerprint density at radius 1 is 1.15 bits per heavy atom. The van der Waals surface area contributed by atoms with E-state index in [1.54, 1.807) is 0 Å². The van der Waals surface area contributed by atoms with Gasteiger partial charge in [-0.05, 0) is 35.8 Å². The van der Waals surface area contributed by atoms with Gasteiger partial charge in [-0.25, -0.2) is 9.78 Å². The number of aromatic nitrogens is 2. The smallest absolute Gasteiger partial charge is 0.328 e. The molecule has 0 unspecified atom stereocenters. The number of imidazole rings is 1. The first kappa shape index (κ1) is 18.2. The highest BCUT2D eigenvalue weighted by Crippen LogP contribution is 2.28. The van der Waals surface area contributed by atoms with Gasteiger partial charge in [0.2, 0.25) is 0 Å². The second-order valence-electron chi connectivity index (χ2n) is 5.76. The molecule has 2 aromatic carbocycles. The topological polar surface area (TPSA) is 55.1 Å². The zero-order valence-electron chi connectivity index (χ0n) is 14.0. The molecule has 0 saturated carbocycles. The Bertz CT molecular complexity index is 979. The Morgan fingerprint density at radius 3 is 2.54 bits per heavy atom. The highest BCUT2D eigenvalue weighted by Gasteiger charge is 2.13. The number of aliphatic carboxylic acids is 1. The van der Waals surface area contributed by atoms with Crippen LogP contribution in [-0.4, -0.2) is 20.6 Å². The number of hydrogen-bond acceptors (Lipinski definition) is 2. The molecular formula is C20H16Cl2N2O2. The summed E-state index contributed by atoms with van der Waals surface area (Å²) in [7, 11) is 0. The lowest BCUT2D eigenvalue weighted by molar-refractivity contribution is -0.131. The number of halogens is 2. The van der Waals surface area contributed by atoms with Gasteiger partial charge in [-0.15, -0.1) is 0 Å². The number of carboxylic acid groups (broad SMARTS) is 1. The van der Waals surface area contributed by atoms with E-state index in [9.17, 15) is 4.79 Å². The van der Waals surface area contributed by atoms with Crippen molar-refractivity contribution in [2.45, 2.75) is 13.5 Å². The van der Waals surface area contributed by atoms with Crippen LogP contribution >= 0.6 is 23.2 Å². The normalized spacial score (nSPS) is 11.2. The summed E-state index contributed by atoms with van der Waals surface area (Å²) in [5.74, 6) is -0.361. The summed E-state index contributed by atoms with van der Waals surface area (Å²) in [5.41, 5.74) is 3.56. The maximum atomic E-state index is 10.8. The van der Waals surface area contributed by atoms with Crippen LogP contribution in [0.25, 0.3) is 17.2 Å². The van der Waals surface area contributed by atoms with Crippen molar-refractivity contribution in [1.82, 2.24) is 9.55 Å². The molecule has 0 fully saturated rings. The van der Waals surface area contributed by atoms with Crippen LogP contribution in [0.1, 0.15) is 17.1 Å². The van der Waals surface area contributed by atoms with E-state index in [1.807, 2.05) is 60.0 Å². The van der Waals surface area contributed by atoms with Crippen LogP contribution in [0.3, 0.4) is 0 Å². The van der Waals surface area contributed by atoms with Crippen molar-refractivity contribution >= 4 is 35.2 Å². The molecule has 6 heteroatoms. The van der Waals surface area contributed by atoms with Gasteiger partial charge in [0.1, 0.15) is 5.82 Å². The van der Waals surface area contributed by atoms with Crippen LogP contribution in [-0.2, 0) is 11.3 Å². The van der Waals surface area contributed by atoms with Gasteiger partial charge in [-0.1, -0.05) is 65.7 Å². The average molecular weight is 387 g/mol. The Balaban J connectivity index is 1.94. The van der Waals surface area contributed by atoms with Crippen LogP contribution in [0.15, 0.2) is 54.6 Å². The lowest BCUT2D eigenvalue weighted by Crippen LogP contribution is -2.05. The van der Waals surface area contributed by atoms with Crippen molar-refractivity contribution in [2.75, 3.05) is 0 Å². The molecule has 26 heavy (non-hydrogen) atoms. The predicted octanol–water partition coefficient (Wildman–Crippen LogP) is 5.31. The number of aryl methyl sites for hydroxylation is 1. The molecule has 0 aliphatic rings. The van der Waals surface area contributed by atoms with Crippen LogP contribution < -0.4 is 0 Å². The van der Waals surface area contributed by atoms with Crippen molar-refractivity contribution < 1.29 is 9.90 Å². The summed E-state index contributed by atoms with van der Waals surface area (Å²) in [6.45, 7) is 2.26. The van der Waals surface area contributed by atoms with Crippen molar-refractivity contribution in [1.29, 1.82) is 0 Å². The minimum atomic E-state index is -1.04. The van der Waals surface area contributed by atoms with E-state index in [1.165, 1.54) is 6.08 Å². The fourth-order valence-corrected chi connectivity index (χ4v) is 3.24. The van der Waals surface area contributed by atoms with Gasteiger partial charge in [0.15, 0.2) is 5.15 Å². The van der Waals surface area contributed by atoms with Crippen LogP contribution in [0, 0.1) is 6.92 Å². The monoisotopic (exact) mass is 386 g/mol. The third kappa shape index (κ3) is 3.98. The molecule has 1 aromatic heterocycles. The molecule has 1 N–H and O–H groups in total. The molecule has 0 atom stereocenters. The maximum Gasteiger partial charge on any atom is 0.328 e. The van der Waals surface area contributed by atoms with Gasteiger partial charge in [0.05, 0.1) is 12.2 Å². The predicted molar refractivity (Wildman–Crippen MR) is 105 cm³/mol. The Morgan fingerprint density at radius 2 is 1.88 bits per heavy atom. The fraction of sp³-hybridized carbons (Fsp3) is 0.100. The molecule has 4 nitrogen and oxygen atoms in total.